The summed E-state index contributed by atoms with van der Waals surface area (Å²) < 4.78 is 5.37. The Balaban J connectivity index is 0.000000561. The van der Waals surface area contributed by atoms with E-state index in [2.05, 4.69) is 4.98 Å². The summed E-state index contributed by atoms with van der Waals surface area (Å²) >= 11 is 0. The topological polar surface area (TPSA) is 22.1 Å². The van der Waals surface area contributed by atoms with Gasteiger partial charge in [0.15, 0.2) is 0 Å². The van der Waals surface area contributed by atoms with Crippen LogP contribution in [0.25, 0.3) is 0 Å². The fraction of sp³-hybridized carbons (Fsp3) is 0.500. The van der Waals surface area contributed by atoms with Crippen LogP contribution in [0.5, 0.6) is 5.75 Å². The van der Waals surface area contributed by atoms with E-state index in [1.54, 1.807) is 12.4 Å². The first-order valence-corrected chi connectivity index (χ1v) is 4.35. The molecule has 1 heterocycles. The molecule has 0 unspecified atom stereocenters. The fourth-order valence-corrected chi connectivity index (χ4v) is 0.689. The molecule has 0 aliphatic carbocycles. The molecule has 0 fully saturated rings. The number of nitrogens with zero attached hydrogens (tertiary/aromatic N) is 1. The van der Waals surface area contributed by atoms with Gasteiger partial charge in [0.1, 0.15) is 5.75 Å². The number of rotatable bonds is 2. The van der Waals surface area contributed by atoms with E-state index in [-0.39, 0.29) is 6.10 Å². The van der Waals surface area contributed by atoms with Gasteiger partial charge in [0, 0.05) is 12.4 Å². The van der Waals surface area contributed by atoms with Gasteiger partial charge < -0.3 is 4.74 Å². The summed E-state index contributed by atoms with van der Waals surface area (Å²) in [7, 11) is 0. The molecule has 0 aliphatic heterocycles. The zero-order valence-corrected chi connectivity index (χ0v) is 8.24. The van der Waals surface area contributed by atoms with E-state index in [1.165, 1.54) is 0 Å². The molecule has 1 aromatic rings. The van der Waals surface area contributed by atoms with Gasteiger partial charge in [0.2, 0.25) is 0 Å². The quantitative estimate of drug-likeness (QED) is 0.675. The van der Waals surface area contributed by atoms with Crippen molar-refractivity contribution in [2.45, 2.75) is 33.8 Å². The van der Waals surface area contributed by atoms with Crippen molar-refractivity contribution in [3.05, 3.63) is 24.5 Å². The van der Waals surface area contributed by atoms with E-state index in [4.69, 9.17) is 4.74 Å². The number of hydrogen-bond acceptors (Lipinski definition) is 2. The summed E-state index contributed by atoms with van der Waals surface area (Å²) in [5.74, 6) is 0.880. The molecule has 0 saturated heterocycles. The van der Waals surface area contributed by atoms with Gasteiger partial charge in [-0.3, -0.25) is 4.98 Å². The largest absolute Gasteiger partial charge is 0.491 e. The molecule has 0 bridgehead atoms. The van der Waals surface area contributed by atoms with Crippen molar-refractivity contribution >= 4 is 0 Å². The normalized spacial score (nSPS) is 8.75. The lowest BCUT2D eigenvalue weighted by Crippen LogP contribution is -2.04. The molecular weight excluding hydrogens is 150 g/mol. The minimum atomic E-state index is 0.238. The van der Waals surface area contributed by atoms with Crippen LogP contribution in [0.4, 0.5) is 0 Å². The summed E-state index contributed by atoms with van der Waals surface area (Å²) in [4.78, 5) is 3.87. The van der Waals surface area contributed by atoms with Crippen LogP contribution in [-0.4, -0.2) is 11.1 Å². The van der Waals surface area contributed by atoms with E-state index in [0.717, 1.165) is 5.75 Å². The van der Waals surface area contributed by atoms with Crippen LogP contribution in [0, 0.1) is 0 Å². The number of aromatic nitrogens is 1. The smallest absolute Gasteiger partial charge is 0.122 e. The molecule has 68 valence electrons. The highest BCUT2D eigenvalue weighted by Gasteiger charge is 1.93. The highest BCUT2D eigenvalue weighted by molar-refractivity contribution is 5.16. The van der Waals surface area contributed by atoms with E-state index in [1.807, 2.05) is 39.8 Å². The van der Waals surface area contributed by atoms with Crippen molar-refractivity contribution in [2.24, 2.45) is 0 Å². The van der Waals surface area contributed by atoms with Crippen molar-refractivity contribution in [3.63, 3.8) is 0 Å². The summed E-state index contributed by atoms with van der Waals surface area (Å²) in [6.07, 6.45) is 3.68. The molecule has 0 N–H and O–H groups in total. The average Bonchev–Trinajstić information content (AvgIpc) is 2.08. The lowest BCUT2D eigenvalue weighted by Gasteiger charge is -2.07. The second-order valence-electron chi connectivity index (χ2n) is 2.35. The maximum atomic E-state index is 5.37. The van der Waals surface area contributed by atoms with Crippen molar-refractivity contribution in [1.82, 2.24) is 4.98 Å². The van der Waals surface area contributed by atoms with Gasteiger partial charge in [-0.05, 0) is 26.0 Å². The Kier molecular flexibility index (Phi) is 6.07. The second kappa shape index (κ2) is 6.65. The Bertz CT molecular complexity index is 184. The summed E-state index contributed by atoms with van der Waals surface area (Å²) in [6.45, 7) is 8.00. The predicted octanol–water partition coefficient (Wildman–Crippen LogP) is 2.90. The maximum absolute atomic E-state index is 5.37. The van der Waals surface area contributed by atoms with Gasteiger partial charge in [-0.15, -0.1) is 0 Å². The first kappa shape index (κ1) is 11.0. The third-order valence-corrected chi connectivity index (χ3v) is 1.02. The Morgan fingerprint density at radius 2 is 1.67 bits per heavy atom. The second-order valence-corrected chi connectivity index (χ2v) is 2.35. The van der Waals surface area contributed by atoms with Crippen LogP contribution in [0.1, 0.15) is 27.7 Å². The molecule has 12 heavy (non-hydrogen) atoms. The molecule has 2 heteroatoms. The van der Waals surface area contributed by atoms with Gasteiger partial charge in [0.25, 0.3) is 0 Å². The van der Waals surface area contributed by atoms with Crippen molar-refractivity contribution < 1.29 is 4.74 Å². The highest BCUT2D eigenvalue weighted by atomic mass is 16.5. The average molecular weight is 167 g/mol. The van der Waals surface area contributed by atoms with E-state index in [0.29, 0.717) is 0 Å². The molecule has 0 radical (unpaired) electrons. The number of ether oxygens (including phenoxy) is 1. The number of hydrogen-bond donors (Lipinski definition) is 0. The van der Waals surface area contributed by atoms with Crippen molar-refractivity contribution in [2.75, 3.05) is 0 Å². The molecule has 0 atom stereocenters. The SMILES string of the molecule is CC.CC(C)Oc1ccncc1. The van der Waals surface area contributed by atoms with Gasteiger partial charge in [-0.25, -0.2) is 0 Å². The lowest BCUT2D eigenvalue weighted by atomic mass is 10.4. The van der Waals surface area contributed by atoms with Crippen LogP contribution in [-0.2, 0) is 0 Å². The Morgan fingerprint density at radius 1 is 1.17 bits per heavy atom. The fourth-order valence-electron chi connectivity index (χ4n) is 0.689. The van der Waals surface area contributed by atoms with Crippen molar-refractivity contribution in [1.29, 1.82) is 0 Å². The minimum absolute atomic E-state index is 0.238. The third kappa shape index (κ3) is 4.72. The van der Waals surface area contributed by atoms with Crippen LogP contribution < -0.4 is 4.74 Å². The molecule has 0 aliphatic rings. The number of pyridine rings is 1. The Morgan fingerprint density at radius 3 is 2.08 bits per heavy atom. The van der Waals surface area contributed by atoms with Crippen LogP contribution in [0.2, 0.25) is 0 Å². The zero-order chi connectivity index (χ0) is 9.40. The van der Waals surface area contributed by atoms with Crippen LogP contribution >= 0.6 is 0 Å². The van der Waals surface area contributed by atoms with Crippen LogP contribution in [0.3, 0.4) is 0 Å². The third-order valence-electron chi connectivity index (χ3n) is 1.02. The zero-order valence-electron chi connectivity index (χ0n) is 8.24. The van der Waals surface area contributed by atoms with Crippen molar-refractivity contribution in [3.8, 4) is 5.75 Å². The lowest BCUT2D eigenvalue weighted by molar-refractivity contribution is 0.242. The summed E-state index contributed by atoms with van der Waals surface area (Å²) in [5.41, 5.74) is 0. The van der Waals surface area contributed by atoms with Gasteiger partial charge in [-0.2, -0.15) is 0 Å². The Labute approximate surface area is 74.6 Å². The molecule has 2 nitrogen and oxygen atoms in total. The molecule has 0 saturated carbocycles. The molecule has 0 aromatic carbocycles. The van der Waals surface area contributed by atoms with E-state index in [9.17, 15) is 0 Å². The van der Waals surface area contributed by atoms with E-state index < -0.39 is 0 Å². The van der Waals surface area contributed by atoms with Gasteiger partial charge >= 0.3 is 0 Å². The summed E-state index contributed by atoms with van der Waals surface area (Å²) in [5, 5.41) is 0. The standard InChI is InChI=1S/C8H11NO.C2H6/c1-7(2)10-8-3-5-9-6-4-8;1-2/h3-7H,1-2H3;1-2H3. The monoisotopic (exact) mass is 167 g/mol. The first-order chi connectivity index (χ1) is 5.79. The van der Waals surface area contributed by atoms with Gasteiger partial charge in [-0.1, -0.05) is 13.8 Å². The van der Waals surface area contributed by atoms with Crippen LogP contribution in [0.15, 0.2) is 24.5 Å². The predicted molar refractivity (Wildman–Crippen MR) is 51.3 cm³/mol. The molecular formula is C10H17NO. The molecule has 1 rings (SSSR count). The Hall–Kier alpha value is -1.05. The van der Waals surface area contributed by atoms with Gasteiger partial charge in [0.05, 0.1) is 6.10 Å². The summed E-state index contributed by atoms with van der Waals surface area (Å²) in [6, 6.07) is 3.69. The molecule has 0 amide bonds. The minimum Gasteiger partial charge on any atom is -0.491 e. The highest BCUT2D eigenvalue weighted by Crippen LogP contribution is 2.08. The first-order valence-electron chi connectivity index (χ1n) is 4.35. The molecule has 1 aromatic heterocycles. The van der Waals surface area contributed by atoms with E-state index >= 15 is 0 Å². The molecule has 0 spiro atoms. The maximum Gasteiger partial charge on any atom is 0.122 e.